The van der Waals surface area contributed by atoms with Gasteiger partial charge < -0.3 is 14.5 Å². The number of anilines is 2. The average molecular weight is 380 g/mol. The van der Waals surface area contributed by atoms with Crippen LogP contribution < -0.4 is 9.80 Å². The molecule has 1 aromatic heterocycles. The van der Waals surface area contributed by atoms with Crippen LogP contribution in [0, 0.1) is 6.92 Å². The second kappa shape index (κ2) is 7.42. The number of esters is 1. The smallest absolute Gasteiger partial charge is 0.418 e. The minimum Gasteiger partial charge on any atom is -0.464 e. The largest absolute Gasteiger partial charge is 0.464 e. The van der Waals surface area contributed by atoms with Gasteiger partial charge in [-0.3, -0.25) is 0 Å². The summed E-state index contributed by atoms with van der Waals surface area (Å²) in [5, 5.41) is 0. The fraction of sp³-hybridized carbons (Fsp3) is 0.389. The first-order valence-electron chi connectivity index (χ1n) is 8.39. The van der Waals surface area contributed by atoms with Gasteiger partial charge in [-0.05, 0) is 25.1 Å². The van der Waals surface area contributed by atoms with E-state index in [1.165, 1.54) is 25.3 Å². The molecule has 1 aromatic carbocycles. The molecular weight excluding hydrogens is 361 g/mol. The van der Waals surface area contributed by atoms with E-state index in [0.717, 1.165) is 6.07 Å². The van der Waals surface area contributed by atoms with E-state index < -0.39 is 17.7 Å². The molecule has 0 amide bonds. The van der Waals surface area contributed by atoms with Crippen LogP contribution in [0.5, 0.6) is 0 Å². The van der Waals surface area contributed by atoms with Gasteiger partial charge in [0.15, 0.2) is 5.69 Å². The van der Waals surface area contributed by atoms with Crippen molar-refractivity contribution in [1.29, 1.82) is 0 Å². The van der Waals surface area contributed by atoms with Crippen LogP contribution in [0.25, 0.3) is 0 Å². The molecule has 0 aliphatic carbocycles. The number of nitrogens with zero attached hydrogens (tertiary/aromatic N) is 4. The van der Waals surface area contributed by atoms with Crippen LogP contribution in [0.2, 0.25) is 0 Å². The maximum absolute atomic E-state index is 13.2. The molecule has 1 fully saturated rings. The molecule has 0 atom stereocenters. The van der Waals surface area contributed by atoms with E-state index in [1.54, 1.807) is 17.9 Å². The summed E-state index contributed by atoms with van der Waals surface area (Å²) in [6, 6.07) is 7.09. The number of carbonyl (C=O) groups is 1. The summed E-state index contributed by atoms with van der Waals surface area (Å²) in [7, 11) is 1.27. The Bertz CT molecular complexity index is 834. The average Bonchev–Trinajstić information content (AvgIpc) is 2.66. The van der Waals surface area contributed by atoms with E-state index in [2.05, 4.69) is 9.97 Å². The fourth-order valence-electron chi connectivity index (χ4n) is 3.04. The molecule has 0 N–H and O–H groups in total. The Hall–Kier alpha value is -2.84. The third kappa shape index (κ3) is 4.12. The highest BCUT2D eigenvalue weighted by atomic mass is 19.4. The van der Waals surface area contributed by atoms with Crippen molar-refractivity contribution in [2.75, 3.05) is 43.1 Å². The quantitative estimate of drug-likeness (QED) is 0.764. The fourth-order valence-corrected chi connectivity index (χ4v) is 3.04. The first kappa shape index (κ1) is 18.9. The number of rotatable bonds is 3. The summed E-state index contributed by atoms with van der Waals surface area (Å²) >= 11 is 0. The topological polar surface area (TPSA) is 58.6 Å². The maximum Gasteiger partial charge on any atom is 0.418 e. The van der Waals surface area contributed by atoms with Gasteiger partial charge >= 0.3 is 12.1 Å². The molecule has 3 rings (SSSR count). The number of benzene rings is 1. The SMILES string of the molecule is COC(=O)c1cc(C)nc(N2CCN(c3ccccc3C(F)(F)F)CC2)n1. The second-order valence-corrected chi connectivity index (χ2v) is 6.18. The van der Waals surface area contributed by atoms with Crippen molar-refractivity contribution in [1.82, 2.24) is 9.97 Å². The molecule has 2 heterocycles. The van der Waals surface area contributed by atoms with Gasteiger partial charge in [0, 0.05) is 37.6 Å². The predicted molar refractivity (Wildman–Crippen MR) is 94.0 cm³/mol. The van der Waals surface area contributed by atoms with Crippen molar-refractivity contribution < 1.29 is 22.7 Å². The minimum absolute atomic E-state index is 0.157. The number of ether oxygens (including phenoxy) is 1. The Morgan fingerprint density at radius 3 is 2.33 bits per heavy atom. The van der Waals surface area contributed by atoms with Gasteiger partial charge in [0.1, 0.15) is 0 Å². The summed E-state index contributed by atoms with van der Waals surface area (Å²) in [5.74, 6) is -0.182. The van der Waals surface area contributed by atoms with Gasteiger partial charge in [0.2, 0.25) is 5.95 Å². The summed E-state index contributed by atoms with van der Waals surface area (Å²) in [4.78, 5) is 23.8. The maximum atomic E-state index is 13.2. The summed E-state index contributed by atoms with van der Waals surface area (Å²) in [5.41, 5.74) is 0.304. The molecule has 2 aromatic rings. The molecule has 1 aliphatic rings. The van der Waals surface area contributed by atoms with Gasteiger partial charge in [-0.2, -0.15) is 13.2 Å². The first-order valence-corrected chi connectivity index (χ1v) is 8.39. The molecule has 27 heavy (non-hydrogen) atoms. The third-order valence-corrected chi connectivity index (χ3v) is 4.35. The monoisotopic (exact) mass is 380 g/mol. The zero-order chi connectivity index (χ0) is 19.6. The van der Waals surface area contributed by atoms with Gasteiger partial charge in [0.05, 0.1) is 12.7 Å². The summed E-state index contributed by atoms with van der Waals surface area (Å²) in [6.07, 6.45) is -4.40. The molecule has 0 bridgehead atoms. The number of para-hydroxylation sites is 1. The lowest BCUT2D eigenvalue weighted by Crippen LogP contribution is -2.47. The van der Waals surface area contributed by atoms with Gasteiger partial charge in [-0.1, -0.05) is 12.1 Å². The van der Waals surface area contributed by atoms with Crippen LogP contribution in [0.15, 0.2) is 30.3 Å². The van der Waals surface area contributed by atoms with Crippen molar-refractivity contribution >= 4 is 17.6 Å². The van der Waals surface area contributed by atoms with Gasteiger partial charge in [-0.15, -0.1) is 0 Å². The van der Waals surface area contributed by atoms with E-state index >= 15 is 0 Å². The van der Waals surface area contributed by atoms with Gasteiger partial charge in [0.25, 0.3) is 0 Å². The number of piperazine rings is 1. The molecule has 6 nitrogen and oxygen atoms in total. The van der Waals surface area contributed by atoms with E-state index in [9.17, 15) is 18.0 Å². The Balaban J connectivity index is 1.77. The zero-order valence-electron chi connectivity index (χ0n) is 15.0. The van der Waals surface area contributed by atoms with E-state index in [0.29, 0.717) is 37.8 Å². The number of aryl methyl sites for hydroxylation is 1. The predicted octanol–water partition coefficient (Wildman–Crippen LogP) is 2.92. The molecule has 1 aliphatic heterocycles. The Morgan fingerprint density at radius 2 is 1.70 bits per heavy atom. The normalized spacial score (nSPS) is 15.0. The number of methoxy groups -OCH3 is 1. The molecule has 0 radical (unpaired) electrons. The van der Waals surface area contributed by atoms with Crippen molar-refractivity contribution in [3.05, 3.63) is 47.3 Å². The lowest BCUT2D eigenvalue weighted by Gasteiger charge is -2.37. The minimum atomic E-state index is -4.40. The molecule has 0 unspecified atom stereocenters. The molecular formula is C18H19F3N4O2. The van der Waals surface area contributed by atoms with E-state index in [1.807, 2.05) is 4.90 Å². The summed E-state index contributed by atoms with van der Waals surface area (Å²) < 4.78 is 44.4. The number of hydrogen-bond donors (Lipinski definition) is 0. The van der Waals surface area contributed by atoms with Crippen LogP contribution in [0.4, 0.5) is 24.8 Å². The Kier molecular flexibility index (Phi) is 5.20. The highest BCUT2D eigenvalue weighted by Crippen LogP contribution is 2.36. The van der Waals surface area contributed by atoms with Crippen LogP contribution in [-0.4, -0.2) is 49.2 Å². The van der Waals surface area contributed by atoms with E-state index in [-0.39, 0.29) is 11.4 Å². The van der Waals surface area contributed by atoms with Crippen molar-refractivity contribution in [2.24, 2.45) is 0 Å². The lowest BCUT2D eigenvalue weighted by atomic mass is 10.1. The molecule has 144 valence electrons. The highest BCUT2D eigenvalue weighted by Gasteiger charge is 2.35. The van der Waals surface area contributed by atoms with Crippen molar-refractivity contribution in [3.8, 4) is 0 Å². The molecule has 0 saturated carbocycles. The van der Waals surface area contributed by atoms with Crippen LogP contribution >= 0.6 is 0 Å². The first-order chi connectivity index (χ1) is 12.8. The Morgan fingerprint density at radius 1 is 1.07 bits per heavy atom. The Labute approximate surface area is 154 Å². The standard InChI is InChI=1S/C18H19F3N4O2/c1-12-11-14(16(26)27-2)23-17(22-12)25-9-7-24(8-10-25)15-6-4-3-5-13(15)18(19,20)21/h3-6,11H,7-10H2,1-2H3. The molecule has 1 saturated heterocycles. The highest BCUT2D eigenvalue weighted by molar-refractivity contribution is 5.87. The van der Waals surface area contributed by atoms with E-state index in [4.69, 9.17) is 4.74 Å². The molecule has 9 heteroatoms. The van der Waals surface area contributed by atoms with Crippen molar-refractivity contribution in [3.63, 3.8) is 0 Å². The number of halogens is 3. The van der Waals surface area contributed by atoms with Crippen molar-refractivity contribution in [2.45, 2.75) is 13.1 Å². The number of carbonyl (C=O) groups excluding carboxylic acids is 1. The molecule has 0 spiro atoms. The van der Waals surface area contributed by atoms with Crippen LogP contribution in [0.1, 0.15) is 21.7 Å². The number of alkyl halides is 3. The van der Waals surface area contributed by atoms with Crippen LogP contribution in [-0.2, 0) is 10.9 Å². The second-order valence-electron chi connectivity index (χ2n) is 6.18. The number of hydrogen-bond acceptors (Lipinski definition) is 6. The zero-order valence-corrected chi connectivity index (χ0v) is 15.0. The van der Waals surface area contributed by atoms with Crippen LogP contribution in [0.3, 0.4) is 0 Å². The third-order valence-electron chi connectivity index (χ3n) is 4.35. The lowest BCUT2D eigenvalue weighted by molar-refractivity contribution is -0.137. The van der Waals surface area contributed by atoms with Gasteiger partial charge in [-0.25, -0.2) is 14.8 Å². The number of aromatic nitrogens is 2. The summed E-state index contributed by atoms with van der Waals surface area (Å²) in [6.45, 7) is 3.40.